The van der Waals surface area contributed by atoms with Gasteiger partial charge >= 0.3 is 0 Å². The van der Waals surface area contributed by atoms with Gasteiger partial charge in [-0.05, 0) is 6.42 Å². The van der Waals surface area contributed by atoms with E-state index in [-0.39, 0.29) is 0 Å². The number of hydrogen-bond acceptors (Lipinski definition) is 4. The van der Waals surface area contributed by atoms with Gasteiger partial charge in [-0.3, -0.25) is 0 Å². The van der Waals surface area contributed by atoms with Crippen LogP contribution < -0.4 is 0 Å². The van der Waals surface area contributed by atoms with Crippen molar-refractivity contribution in [2.45, 2.75) is 71.1 Å². The van der Waals surface area contributed by atoms with Gasteiger partial charge in [0.2, 0.25) is 0 Å². The Labute approximate surface area is 151 Å². The molecule has 0 saturated carbocycles. The van der Waals surface area contributed by atoms with Crippen molar-refractivity contribution < 1.29 is 22.2 Å². The predicted octanol–water partition coefficient (Wildman–Crippen LogP) is 3.79. The molecule has 0 fully saturated rings. The van der Waals surface area contributed by atoms with E-state index in [1.54, 1.807) is 0 Å². The quantitative estimate of drug-likeness (QED) is 0.266. The van der Waals surface area contributed by atoms with E-state index in [4.69, 9.17) is 17.7 Å². The summed E-state index contributed by atoms with van der Waals surface area (Å²) in [6.07, 6.45) is 14.6. The molecule has 0 atom stereocenters. The summed E-state index contributed by atoms with van der Waals surface area (Å²) in [5.41, 5.74) is 0. The van der Waals surface area contributed by atoms with E-state index in [0.29, 0.717) is 6.26 Å². The van der Waals surface area contributed by atoms with Crippen LogP contribution in [0.3, 0.4) is 0 Å². The first kappa shape index (κ1) is 26.1. The zero-order valence-corrected chi connectivity index (χ0v) is 17.5. The van der Waals surface area contributed by atoms with Crippen LogP contribution in [0.4, 0.5) is 0 Å². The van der Waals surface area contributed by atoms with Crippen LogP contribution in [0, 0.1) is 0 Å². The van der Waals surface area contributed by atoms with Crippen molar-refractivity contribution in [3.8, 4) is 0 Å². The fourth-order valence-electron chi connectivity index (χ4n) is 2.13. The highest BCUT2D eigenvalue weighted by atomic mass is 32.2. The molecule has 0 bridgehead atoms. The molecule has 0 saturated heterocycles. The molecular formula is C18H41NO4S. The van der Waals surface area contributed by atoms with Gasteiger partial charge in [-0.15, -0.1) is 0 Å². The van der Waals surface area contributed by atoms with Gasteiger partial charge in [-0.1, -0.05) is 64.7 Å². The van der Waals surface area contributed by atoms with Gasteiger partial charge in [-0.25, -0.2) is 8.42 Å². The highest BCUT2D eigenvalue weighted by Gasteiger charge is 2.05. The fourth-order valence-corrected chi connectivity index (χ4v) is 2.13. The van der Waals surface area contributed by atoms with Crippen LogP contribution in [0.15, 0.2) is 0 Å². The highest BCUT2D eigenvalue weighted by Crippen LogP contribution is 2.10. The van der Waals surface area contributed by atoms with Crippen molar-refractivity contribution in [3.63, 3.8) is 0 Å². The van der Waals surface area contributed by atoms with Crippen LogP contribution in [0.25, 0.3) is 0 Å². The third-order valence-electron chi connectivity index (χ3n) is 3.55. The Morgan fingerprint density at radius 2 is 1.17 bits per heavy atom. The monoisotopic (exact) mass is 367 g/mol. The largest absolute Gasteiger partial charge is 0.748 e. The summed E-state index contributed by atoms with van der Waals surface area (Å²) in [5, 5.41) is 0. The van der Waals surface area contributed by atoms with Gasteiger partial charge in [-0.2, -0.15) is 0 Å². The molecule has 0 aromatic carbocycles. The van der Waals surface area contributed by atoms with Crippen molar-refractivity contribution in [3.05, 3.63) is 0 Å². The van der Waals surface area contributed by atoms with E-state index in [1.165, 1.54) is 64.2 Å². The molecule has 5 nitrogen and oxygen atoms in total. The van der Waals surface area contributed by atoms with Crippen LogP contribution in [-0.4, -0.2) is 64.6 Å². The molecule has 0 rings (SSSR count). The Hall–Kier alpha value is -0.170. The molecule has 0 amide bonds. The number of nitrogens with zero attached hydrogens (tertiary/aromatic N) is 1. The molecule has 0 N–H and O–H groups in total. The molecule has 24 heavy (non-hydrogen) atoms. The number of quaternary nitrogens is 1. The van der Waals surface area contributed by atoms with Gasteiger partial charge in [0.1, 0.15) is 6.54 Å². The van der Waals surface area contributed by atoms with E-state index in [0.717, 1.165) is 24.2 Å². The first-order valence-corrected chi connectivity index (χ1v) is 11.2. The van der Waals surface area contributed by atoms with Gasteiger partial charge in [0.15, 0.2) is 0 Å². The van der Waals surface area contributed by atoms with Crippen LogP contribution in [0.1, 0.15) is 71.1 Å². The van der Waals surface area contributed by atoms with Crippen molar-refractivity contribution in [1.82, 2.24) is 0 Å². The summed E-state index contributed by atoms with van der Waals surface area (Å²) < 4.78 is 33.9. The molecule has 6 heteroatoms. The molecule has 0 aliphatic rings. The van der Waals surface area contributed by atoms with E-state index >= 15 is 0 Å². The number of rotatable bonds is 14. The summed E-state index contributed by atoms with van der Waals surface area (Å²) in [7, 11) is 2.72. The molecule has 0 radical (unpaired) electrons. The van der Waals surface area contributed by atoms with Gasteiger partial charge < -0.3 is 13.8 Å². The summed E-state index contributed by atoms with van der Waals surface area (Å²) in [5.74, 6) is 0. The maximum absolute atomic E-state index is 9.08. The van der Waals surface area contributed by atoms with E-state index in [9.17, 15) is 0 Å². The second kappa shape index (κ2) is 16.3. The molecule has 0 aliphatic carbocycles. The first-order chi connectivity index (χ1) is 11.1. The SMILES string of the molecule is CCCCCCCCCCCCOCC[N+](C)(C)C.CS(=O)(=O)[O-]. The van der Waals surface area contributed by atoms with E-state index < -0.39 is 10.1 Å². The zero-order valence-electron chi connectivity index (χ0n) is 16.7. The van der Waals surface area contributed by atoms with Crippen LogP contribution >= 0.6 is 0 Å². The average Bonchev–Trinajstić information content (AvgIpc) is 2.41. The maximum Gasteiger partial charge on any atom is 0.102 e. The molecule has 148 valence electrons. The maximum atomic E-state index is 9.08. The summed E-state index contributed by atoms with van der Waals surface area (Å²) in [6.45, 7) is 5.25. The van der Waals surface area contributed by atoms with E-state index in [2.05, 4.69) is 28.1 Å². The Bertz CT molecular complexity index is 343. The number of ether oxygens (including phenoxy) is 1. The summed E-state index contributed by atoms with van der Waals surface area (Å²) in [6, 6.07) is 0. The smallest absolute Gasteiger partial charge is 0.102 e. The minimum Gasteiger partial charge on any atom is -0.748 e. The molecule has 0 aliphatic heterocycles. The number of hydrogen-bond donors (Lipinski definition) is 0. The third-order valence-corrected chi connectivity index (χ3v) is 3.55. The minimum atomic E-state index is -3.92. The normalized spacial score (nSPS) is 11.9. The van der Waals surface area contributed by atoms with Crippen LogP contribution in [0.2, 0.25) is 0 Å². The lowest BCUT2D eigenvalue weighted by Gasteiger charge is -2.23. The van der Waals surface area contributed by atoms with Gasteiger partial charge in [0.05, 0.1) is 37.9 Å². The second-order valence-corrected chi connectivity index (χ2v) is 8.92. The van der Waals surface area contributed by atoms with Crippen molar-refractivity contribution >= 4 is 10.1 Å². The predicted molar refractivity (Wildman–Crippen MR) is 101 cm³/mol. The molecule has 0 aromatic rings. The second-order valence-electron chi connectivity index (χ2n) is 7.51. The van der Waals surface area contributed by atoms with E-state index in [1.807, 2.05) is 0 Å². The third kappa shape index (κ3) is 37.8. The molecule has 0 unspecified atom stereocenters. The lowest BCUT2D eigenvalue weighted by atomic mass is 10.1. The van der Waals surface area contributed by atoms with Crippen molar-refractivity contribution in [2.24, 2.45) is 0 Å². The topological polar surface area (TPSA) is 66.4 Å². The van der Waals surface area contributed by atoms with Gasteiger partial charge in [0.25, 0.3) is 0 Å². The molecule has 0 heterocycles. The highest BCUT2D eigenvalue weighted by molar-refractivity contribution is 7.84. The van der Waals surface area contributed by atoms with Gasteiger partial charge in [0, 0.05) is 12.9 Å². The molecule has 0 spiro atoms. The lowest BCUT2D eigenvalue weighted by Crippen LogP contribution is -2.37. The van der Waals surface area contributed by atoms with Crippen LogP contribution in [0.5, 0.6) is 0 Å². The zero-order chi connectivity index (χ0) is 18.9. The Kier molecular flexibility index (Phi) is 17.7. The average molecular weight is 368 g/mol. The standard InChI is InChI=1S/C17H38NO.CH4O3S/c1-5-6-7-8-9-10-11-12-13-14-16-19-17-15-18(2,3)4;1-5(2,3)4/h5-17H2,1-4H3;1H3,(H,2,3,4)/q+1;/p-1. The summed E-state index contributed by atoms with van der Waals surface area (Å²) in [4.78, 5) is 0. The first-order valence-electron chi connectivity index (χ1n) is 9.35. The molecular weight excluding hydrogens is 326 g/mol. The Morgan fingerprint density at radius 3 is 1.54 bits per heavy atom. The lowest BCUT2D eigenvalue weighted by molar-refractivity contribution is -0.870. The van der Waals surface area contributed by atoms with Crippen molar-refractivity contribution in [1.29, 1.82) is 0 Å². The number of unbranched alkanes of at least 4 members (excludes halogenated alkanes) is 9. The molecule has 0 aromatic heterocycles. The van der Waals surface area contributed by atoms with Crippen molar-refractivity contribution in [2.75, 3.05) is 47.2 Å². The van der Waals surface area contributed by atoms with Crippen LogP contribution in [-0.2, 0) is 14.9 Å². The summed E-state index contributed by atoms with van der Waals surface area (Å²) >= 11 is 0. The Morgan fingerprint density at radius 1 is 0.792 bits per heavy atom. The fraction of sp³-hybridized carbons (Fsp3) is 1.00. The minimum absolute atomic E-state index is 0.604. The number of likely N-dealkylation sites (N-methyl/N-ethyl adjacent to an activating group) is 1. The Balaban J connectivity index is 0.